The molecule has 0 spiro atoms. The summed E-state index contributed by atoms with van der Waals surface area (Å²) in [5, 5.41) is 0. The molecule has 2 aromatic rings. The Hall–Kier alpha value is -2.49. The number of hydrogen-bond donors (Lipinski definition) is 0. The van der Waals surface area contributed by atoms with Crippen molar-refractivity contribution in [3.8, 4) is 5.75 Å². The van der Waals surface area contributed by atoms with E-state index in [0.717, 1.165) is 17.3 Å². The quantitative estimate of drug-likeness (QED) is 0.724. The van der Waals surface area contributed by atoms with Crippen molar-refractivity contribution < 1.29 is 13.9 Å². The van der Waals surface area contributed by atoms with Crippen LogP contribution in [0.4, 0.5) is 0 Å². The number of benzene rings is 1. The van der Waals surface area contributed by atoms with Crippen LogP contribution < -0.4 is 4.74 Å². The molecule has 2 atom stereocenters. The summed E-state index contributed by atoms with van der Waals surface area (Å²) in [6, 6.07) is 13.5. The number of para-hydroxylation sites is 1. The third kappa shape index (κ3) is 4.28. The van der Waals surface area contributed by atoms with Crippen LogP contribution >= 0.6 is 0 Å². The number of hydrogen-bond acceptors (Lipinski definition) is 3. The first-order chi connectivity index (χ1) is 11.6. The average Bonchev–Trinajstić information content (AvgIpc) is 3.14. The molecule has 1 heterocycles. The van der Waals surface area contributed by atoms with E-state index in [4.69, 9.17) is 9.15 Å². The topological polar surface area (TPSA) is 42.7 Å². The lowest BCUT2D eigenvalue weighted by atomic mass is 10.3. The summed E-state index contributed by atoms with van der Waals surface area (Å²) in [5.41, 5.74) is 0. The van der Waals surface area contributed by atoms with Gasteiger partial charge in [0, 0.05) is 19.0 Å². The molecule has 0 saturated heterocycles. The van der Waals surface area contributed by atoms with Gasteiger partial charge >= 0.3 is 0 Å². The van der Waals surface area contributed by atoms with Crippen LogP contribution in [0.2, 0.25) is 0 Å². The van der Waals surface area contributed by atoms with Gasteiger partial charge in [-0.3, -0.25) is 4.79 Å². The molecule has 126 valence electrons. The summed E-state index contributed by atoms with van der Waals surface area (Å²) >= 11 is 0. The first-order valence-electron chi connectivity index (χ1n) is 8.34. The fraction of sp³-hybridized carbons (Fsp3) is 0.350. The standard InChI is InChI=1S/C20H23NO3/c1-15-14-18(15)19-10-8-17(24-19)9-11-20(22)21(2)12-13-23-16-6-4-3-5-7-16/h3-11,15,18H,12-14H2,1-2H3/b11-9+. The van der Waals surface area contributed by atoms with Crippen LogP contribution in [0.1, 0.15) is 30.8 Å². The highest BCUT2D eigenvalue weighted by Gasteiger charge is 2.36. The van der Waals surface area contributed by atoms with Gasteiger partial charge in [-0.2, -0.15) is 0 Å². The zero-order chi connectivity index (χ0) is 16.9. The first kappa shape index (κ1) is 16.4. The predicted octanol–water partition coefficient (Wildman–Crippen LogP) is 3.95. The van der Waals surface area contributed by atoms with E-state index in [-0.39, 0.29) is 5.91 Å². The van der Waals surface area contributed by atoms with Gasteiger partial charge in [0.25, 0.3) is 0 Å². The number of carbonyl (C=O) groups excluding carboxylic acids is 1. The van der Waals surface area contributed by atoms with Crippen LogP contribution in [0.5, 0.6) is 5.75 Å². The van der Waals surface area contributed by atoms with Crippen molar-refractivity contribution >= 4 is 12.0 Å². The normalized spacial score (nSPS) is 19.4. The Morgan fingerprint density at radius 1 is 1.29 bits per heavy atom. The van der Waals surface area contributed by atoms with Crippen LogP contribution in [0.3, 0.4) is 0 Å². The molecule has 1 aromatic carbocycles. The number of amides is 1. The number of rotatable bonds is 7. The van der Waals surface area contributed by atoms with Crippen molar-refractivity contribution in [1.29, 1.82) is 0 Å². The molecule has 1 aliphatic carbocycles. The van der Waals surface area contributed by atoms with Gasteiger partial charge in [0.15, 0.2) is 0 Å². The minimum Gasteiger partial charge on any atom is -0.492 e. The van der Waals surface area contributed by atoms with Crippen molar-refractivity contribution in [3.63, 3.8) is 0 Å². The Labute approximate surface area is 142 Å². The van der Waals surface area contributed by atoms with Crippen molar-refractivity contribution in [2.75, 3.05) is 20.2 Å². The van der Waals surface area contributed by atoms with E-state index in [9.17, 15) is 4.79 Å². The molecule has 4 heteroatoms. The van der Waals surface area contributed by atoms with Crippen molar-refractivity contribution in [1.82, 2.24) is 4.90 Å². The lowest BCUT2D eigenvalue weighted by Gasteiger charge is -2.15. The number of likely N-dealkylation sites (N-methyl/N-ethyl adjacent to an activating group) is 1. The third-order valence-corrected chi connectivity index (χ3v) is 4.33. The molecular formula is C20H23NO3. The van der Waals surface area contributed by atoms with Crippen molar-refractivity contribution in [2.24, 2.45) is 5.92 Å². The Morgan fingerprint density at radius 2 is 2.04 bits per heavy atom. The van der Waals surface area contributed by atoms with E-state index in [0.29, 0.717) is 25.0 Å². The summed E-state index contributed by atoms with van der Waals surface area (Å²) < 4.78 is 11.4. The molecular weight excluding hydrogens is 302 g/mol. The Bertz CT molecular complexity index is 705. The first-order valence-corrected chi connectivity index (χ1v) is 8.34. The zero-order valence-electron chi connectivity index (χ0n) is 14.1. The Kier molecular flexibility index (Phi) is 5.04. The maximum Gasteiger partial charge on any atom is 0.246 e. The molecule has 1 aromatic heterocycles. The van der Waals surface area contributed by atoms with E-state index in [1.165, 1.54) is 6.42 Å². The van der Waals surface area contributed by atoms with E-state index in [2.05, 4.69) is 6.92 Å². The SMILES string of the molecule is CC1CC1c1ccc(/C=C/C(=O)N(C)CCOc2ccccc2)o1. The summed E-state index contributed by atoms with van der Waals surface area (Å²) in [6.07, 6.45) is 4.47. The fourth-order valence-electron chi connectivity index (χ4n) is 2.58. The predicted molar refractivity (Wildman–Crippen MR) is 93.8 cm³/mol. The molecule has 1 amide bonds. The number of ether oxygens (including phenoxy) is 1. The fourth-order valence-corrected chi connectivity index (χ4v) is 2.58. The van der Waals surface area contributed by atoms with E-state index >= 15 is 0 Å². The van der Waals surface area contributed by atoms with Crippen LogP contribution in [0, 0.1) is 5.92 Å². The molecule has 24 heavy (non-hydrogen) atoms. The second-order valence-corrected chi connectivity index (χ2v) is 6.31. The molecule has 3 rings (SSSR count). The maximum absolute atomic E-state index is 12.1. The van der Waals surface area contributed by atoms with E-state index in [1.54, 1.807) is 24.1 Å². The van der Waals surface area contributed by atoms with Gasteiger partial charge in [-0.1, -0.05) is 25.1 Å². The highest BCUT2D eigenvalue weighted by Crippen LogP contribution is 2.47. The second kappa shape index (κ2) is 7.39. The lowest BCUT2D eigenvalue weighted by Crippen LogP contribution is -2.29. The average molecular weight is 325 g/mol. The number of furan rings is 1. The zero-order valence-corrected chi connectivity index (χ0v) is 14.1. The Morgan fingerprint density at radius 3 is 2.75 bits per heavy atom. The largest absolute Gasteiger partial charge is 0.492 e. The maximum atomic E-state index is 12.1. The van der Waals surface area contributed by atoms with Crippen molar-refractivity contribution in [3.05, 3.63) is 60.1 Å². The Balaban J connectivity index is 1.44. The molecule has 1 fully saturated rings. The van der Waals surface area contributed by atoms with Crippen LogP contribution in [0.15, 0.2) is 53.0 Å². The summed E-state index contributed by atoms with van der Waals surface area (Å²) in [4.78, 5) is 13.7. The minimum atomic E-state index is -0.0654. The number of carbonyl (C=O) groups is 1. The molecule has 1 aliphatic rings. The molecule has 0 N–H and O–H groups in total. The molecule has 4 nitrogen and oxygen atoms in total. The van der Waals surface area contributed by atoms with Crippen LogP contribution in [0.25, 0.3) is 6.08 Å². The van der Waals surface area contributed by atoms with Gasteiger partial charge in [0.1, 0.15) is 23.9 Å². The lowest BCUT2D eigenvalue weighted by molar-refractivity contribution is -0.125. The van der Waals surface area contributed by atoms with Gasteiger partial charge in [-0.15, -0.1) is 0 Å². The van der Waals surface area contributed by atoms with E-state index < -0.39 is 0 Å². The smallest absolute Gasteiger partial charge is 0.246 e. The molecule has 0 radical (unpaired) electrons. The van der Waals surface area contributed by atoms with Gasteiger partial charge in [-0.05, 0) is 42.7 Å². The molecule has 0 aliphatic heterocycles. The summed E-state index contributed by atoms with van der Waals surface area (Å²) in [5.74, 6) is 3.77. The minimum absolute atomic E-state index is 0.0654. The van der Waals surface area contributed by atoms with Gasteiger partial charge in [0.05, 0.1) is 6.54 Å². The van der Waals surface area contributed by atoms with Gasteiger partial charge in [-0.25, -0.2) is 0 Å². The summed E-state index contributed by atoms with van der Waals surface area (Å²) in [6.45, 7) is 3.21. The second-order valence-electron chi connectivity index (χ2n) is 6.31. The van der Waals surface area contributed by atoms with Gasteiger partial charge in [0.2, 0.25) is 5.91 Å². The van der Waals surface area contributed by atoms with Crippen LogP contribution in [-0.4, -0.2) is 31.0 Å². The van der Waals surface area contributed by atoms with E-state index in [1.807, 2.05) is 42.5 Å². The highest BCUT2D eigenvalue weighted by atomic mass is 16.5. The molecule has 0 bridgehead atoms. The molecule has 2 unspecified atom stereocenters. The number of nitrogens with zero attached hydrogens (tertiary/aromatic N) is 1. The molecule has 1 saturated carbocycles. The van der Waals surface area contributed by atoms with Crippen molar-refractivity contribution in [2.45, 2.75) is 19.3 Å². The monoisotopic (exact) mass is 325 g/mol. The third-order valence-electron chi connectivity index (χ3n) is 4.33. The van der Waals surface area contributed by atoms with Gasteiger partial charge < -0.3 is 14.1 Å². The van der Waals surface area contributed by atoms with Crippen LogP contribution in [-0.2, 0) is 4.79 Å². The highest BCUT2D eigenvalue weighted by molar-refractivity contribution is 5.91. The summed E-state index contributed by atoms with van der Waals surface area (Å²) in [7, 11) is 1.76.